The zero-order valence-corrected chi connectivity index (χ0v) is 17.3. The lowest BCUT2D eigenvalue weighted by Crippen LogP contribution is -2.18. The Morgan fingerprint density at radius 3 is 2.61 bits per heavy atom. The van der Waals surface area contributed by atoms with E-state index in [4.69, 9.17) is 10.1 Å². The maximum absolute atomic E-state index is 5.07. The van der Waals surface area contributed by atoms with Crippen molar-refractivity contribution in [2.45, 2.75) is 46.0 Å². The molecule has 0 atom stereocenters. The summed E-state index contributed by atoms with van der Waals surface area (Å²) in [6.07, 6.45) is 9.49. The highest BCUT2D eigenvalue weighted by molar-refractivity contribution is 7.07. The van der Waals surface area contributed by atoms with Crippen LogP contribution in [0.15, 0.2) is 64.3 Å². The lowest BCUT2D eigenvalue weighted by molar-refractivity contribution is 0.428. The molecule has 0 aliphatic heterocycles. The smallest absolute Gasteiger partial charge is 0.211 e. The first kappa shape index (κ1) is 18.8. The maximum atomic E-state index is 5.07. The number of aryl methyl sites for hydroxylation is 1. The average Bonchev–Trinajstić information content (AvgIpc) is 3.12. The van der Waals surface area contributed by atoms with E-state index in [1.807, 2.05) is 16.8 Å². The van der Waals surface area contributed by atoms with Crippen molar-refractivity contribution in [3.8, 4) is 11.3 Å². The number of pyridine rings is 1. The summed E-state index contributed by atoms with van der Waals surface area (Å²) in [6.45, 7) is 4.40. The normalized spacial score (nSPS) is 17.7. The van der Waals surface area contributed by atoms with Crippen LogP contribution in [0.1, 0.15) is 44.6 Å². The number of hydrogen-bond acceptors (Lipinski definition) is 4. The predicted octanol–water partition coefficient (Wildman–Crippen LogP) is 5.96. The van der Waals surface area contributed by atoms with Gasteiger partial charge in [0.1, 0.15) is 0 Å². The summed E-state index contributed by atoms with van der Waals surface area (Å²) in [6, 6.07) is 12.5. The van der Waals surface area contributed by atoms with Gasteiger partial charge in [0.05, 0.1) is 17.6 Å². The fourth-order valence-electron chi connectivity index (χ4n) is 3.59. The summed E-state index contributed by atoms with van der Waals surface area (Å²) in [5.41, 5.74) is 5.65. The SMILES string of the molecule is CCC1CCC(=Nn2c(-c3ccc(C)cc3)csc2=Nc2cccnc2)CC1. The van der Waals surface area contributed by atoms with Crippen LogP contribution in [0, 0.1) is 12.8 Å². The van der Waals surface area contributed by atoms with Crippen LogP contribution in [0.2, 0.25) is 0 Å². The standard InChI is InChI=1S/C23H26N4S/c1-3-18-8-12-20(13-9-18)26-27-22(19-10-6-17(2)7-11-19)16-28-23(27)25-21-5-4-14-24-15-21/h4-7,10-11,14-16,18H,3,8-9,12-13H2,1-2H3. The lowest BCUT2D eigenvalue weighted by atomic mass is 9.86. The summed E-state index contributed by atoms with van der Waals surface area (Å²) < 4.78 is 2.03. The molecule has 2 heterocycles. The highest BCUT2D eigenvalue weighted by Gasteiger charge is 2.17. The molecule has 1 fully saturated rings. The number of nitrogens with zero attached hydrogens (tertiary/aromatic N) is 4. The minimum Gasteiger partial charge on any atom is -0.262 e. The molecule has 0 amide bonds. The highest BCUT2D eigenvalue weighted by Crippen LogP contribution is 2.26. The van der Waals surface area contributed by atoms with Gasteiger partial charge in [0.15, 0.2) is 0 Å². The number of thiazole rings is 1. The first-order valence-electron chi connectivity index (χ1n) is 10.0. The largest absolute Gasteiger partial charge is 0.262 e. The second-order valence-corrected chi connectivity index (χ2v) is 8.26. The lowest BCUT2D eigenvalue weighted by Gasteiger charge is -2.21. The van der Waals surface area contributed by atoms with Crippen molar-refractivity contribution in [2.24, 2.45) is 16.0 Å². The van der Waals surface area contributed by atoms with Gasteiger partial charge in [0.2, 0.25) is 4.80 Å². The quantitative estimate of drug-likeness (QED) is 0.542. The Morgan fingerprint density at radius 2 is 1.93 bits per heavy atom. The molecule has 0 radical (unpaired) electrons. The van der Waals surface area contributed by atoms with Gasteiger partial charge < -0.3 is 0 Å². The van der Waals surface area contributed by atoms with Crippen LogP contribution in [-0.4, -0.2) is 15.4 Å². The molecule has 3 aromatic rings. The molecule has 2 aromatic heterocycles. The molecular weight excluding hydrogens is 364 g/mol. The van der Waals surface area contributed by atoms with Crippen molar-refractivity contribution < 1.29 is 0 Å². The molecule has 0 N–H and O–H groups in total. The Kier molecular flexibility index (Phi) is 5.81. The predicted molar refractivity (Wildman–Crippen MR) is 117 cm³/mol. The van der Waals surface area contributed by atoms with E-state index in [2.05, 4.69) is 48.5 Å². The van der Waals surface area contributed by atoms with Crippen LogP contribution in [0.5, 0.6) is 0 Å². The van der Waals surface area contributed by atoms with Gasteiger partial charge >= 0.3 is 0 Å². The van der Waals surface area contributed by atoms with Gasteiger partial charge in [-0.1, -0.05) is 43.2 Å². The van der Waals surface area contributed by atoms with E-state index in [9.17, 15) is 0 Å². The number of hydrogen-bond donors (Lipinski definition) is 0. The second-order valence-electron chi connectivity index (χ2n) is 7.42. The Morgan fingerprint density at radius 1 is 1.14 bits per heavy atom. The van der Waals surface area contributed by atoms with E-state index in [0.29, 0.717) is 0 Å². The third kappa shape index (κ3) is 4.30. The van der Waals surface area contributed by atoms with Crippen LogP contribution in [-0.2, 0) is 0 Å². The molecule has 4 rings (SSSR count). The zero-order chi connectivity index (χ0) is 19.3. The molecule has 1 aromatic carbocycles. The van der Waals surface area contributed by atoms with Gasteiger partial charge in [0, 0.05) is 22.9 Å². The fourth-order valence-corrected chi connectivity index (χ4v) is 4.44. The monoisotopic (exact) mass is 390 g/mol. The molecule has 5 heteroatoms. The van der Waals surface area contributed by atoms with Crippen molar-refractivity contribution in [3.05, 3.63) is 64.5 Å². The van der Waals surface area contributed by atoms with Gasteiger partial charge in [0.25, 0.3) is 0 Å². The summed E-state index contributed by atoms with van der Waals surface area (Å²) in [7, 11) is 0. The van der Waals surface area contributed by atoms with Crippen LogP contribution in [0.4, 0.5) is 5.69 Å². The van der Waals surface area contributed by atoms with Crippen LogP contribution in [0.25, 0.3) is 11.3 Å². The van der Waals surface area contributed by atoms with Crippen LogP contribution < -0.4 is 4.80 Å². The van der Waals surface area contributed by atoms with Gasteiger partial charge in [-0.2, -0.15) is 5.10 Å². The number of benzene rings is 1. The maximum Gasteiger partial charge on any atom is 0.211 e. The first-order chi connectivity index (χ1) is 13.7. The van der Waals surface area contributed by atoms with Crippen molar-refractivity contribution in [1.82, 2.24) is 9.66 Å². The summed E-state index contributed by atoms with van der Waals surface area (Å²) in [5.74, 6) is 0.850. The van der Waals surface area contributed by atoms with Crippen molar-refractivity contribution in [1.29, 1.82) is 0 Å². The molecule has 4 nitrogen and oxygen atoms in total. The molecule has 0 saturated heterocycles. The molecule has 1 aliphatic carbocycles. The Hall–Kier alpha value is -2.53. The van der Waals surface area contributed by atoms with E-state index < -0.39 is 0 Å². The molecule has 28 heavy (non-hydrogen) atoms. The average molecular weight is 391 g/mol. The third-order valence-corrected chi connectivity index (χ3v) is 6.22. The van der Waals surface area contributed by atoms with Gasteiger partial charge in [-0.25, -0.2) is 9.67 Å². The van der Waals surface area contributed by atoms with E-state index in [1.165, 1.54) is 36.1 Å². The second kappa shape index (κ2) is 8.65. The third-order valence-electron chi connectivity index (χ3n) is 5.40. The number of rotatable bonds is 4. The van der Waals surface area contributed by atoms with Crippen molar-refractivity contribution >= 4 is 22.7 Å². The molecule has 0 spiro atoms. The summed E-state index contributed by atoms with van der Waals surface area (Å²) in [5, 5.41) is 7.23. The van der Waals surface area contributed by atoms with Crippen molar-refractivity contribution in [2.75, 3.05) is 0 Å². The van der Waals surface area contributed by atoms with E-state index >= 15 is 0 Å². The minimum atomic E-state index is 0.850. The van der Waals surface area contributed by atoms with E-state index in [1.54, 1.807) is 23.7 Å². The van der Waals surface area contributed by atoms with Crippen molar-refractivity contribution in [3.63, 3.8) is 0 Å². The topological polar surface area (TPSA) is 42.5 Å². The Bertz CT molecular complexity index is 1000. The summed E-state index contributed by atoms with van der Waals surface area (Å²) in [4.78, 5) is 9.88. The fraction of sp³-hybridized carbons (Fsp3) is 0.348. The van der Waals surface area contributed by atoms with Gasteiger partial charge in [-0.15, -0.1) is 11.3 Å². The molecule has 0 unspecified atom stereocenters. The van der Waals surface area contributed by atoms with Crippen LogP contribution in [0.3, 0.4) is 0 Å². The van der Waals surface area contributed by atoms with Gasteiger partial charge in [-0.05, 0) is 50.7 Å². The highest BCUT2D eigenvalue weighted by atomic mass is 32.1. The molecular formula is C23H26N4S. The summed E-state index contributed by atoms with van der Waals surface area (Å²) >= 11 is 1.63. The zero-order valence-electron chi connectivity index (χ0n) is 16.5. The Balaban J connectivity index is 1.78. The molecule has 0 bridgehead atoms. The minimum absolute atomic E-state index is 0.850. The molecule has 1 aliphatic rings. The first-order valence-corrected chi connectivity index (χ1v) is 10.9. The van der Waals surface area contributed by atoms with E-state index in [-0.39, 0.29) is 0 Å². The Labute approximate surface area is 170 Å². The molecule has 144 valence electrons. The number of aromatic nitrogens is 2. The van der Waals surface area contributed by atoms with Crippen LogP contribution >= 0.6 is 11.3 Å². The molecule has 1 saturated carbocycles. The van der Waals surface area contributed by atoms with Gasteiger partial charge in [-0.3, -0.25) is 4.98 Å². The van der Waals surface area contributed by atoms with E-state index in [0.717, 1.165) is 34.9 Å².